The molecule has 0 aliphatic carbocycles. The summed E-state index contributed by atoms with van der Waals surface area (Å²) in [6, 6.07) is 12.9. The highest BCUT2D eigenvalue weighted by molar-refractivity contribution is 5.55. The number of pyridine rings is 1. The fraction of sp³-hybridized carbons (Fsp3) is 0.577. The van der Waals surface area contributed by atoms with E-state index in [0.29, 0.717) is 30.9 Å². The highest BCUT2D eigenvalue weighted by atomic mass is 16.5. The van der Waals surface area contributed by atoms with Crippen LogP contribution in [0.3, 0.4) is 0 Å². The van der Waals surface area contributed by atoms with Crippen LogP contribution in [0.5, 0.6) is 5.88 Å². The number of hydrogen-bond acceptors (Lipinski definition) is 8. The quantitative estimate of drug-likeness (QED) is 0.522. The average molecular weight is 467 g/mol. The van der Waals surface area contributed by atoms with Crippen molar-refractivity contribution in [2.75, 3.05) is 70.5 Å². The molecule has 2 aliphatic heterocycles. The van der Waals surface area contributed by atoms with Gasteiger partial charge in [0, 0.05) is 63.1 Å². The number of azo groups is 1. The molecule has 0 saturated carbocycles. The second-order valence-corrected chi connectivity index (χ2v) is 9.14. The van der Waals surface area contributed by atoms with Gasteiger partial charge < -0.3 is 19.3 Å². The first-order valence-corrected chi connectivity index (χ1v) is 12.5. The lowest BCUT2D eigenvalue weighted by Crippen LogP contribution is -2.52. The molecule has 34 heavy (non-hydrogen) atoms. The van der Waals surface area contributed by atoms with Crippen molar-refractivity contribution in [2.45, 2.75) is 33.4 Å². The Morgan fingerprint density at radius 2 is 1.97 bits per heavy atom. The minimum absolute atomic E-state index is 0.531. The number of anilines is 1. The van der Waals surface area contributed by atoms with Crippen LogP contribution in [0.1, 0.15) is 25.0 Å². The molecule has 0 bridgehead atoms. The first-order valence-electron chi connectivity index (χ1n) is 12.5. The van der Waals surface area contributed by atoms with E-state index in [1.54, 1.807) is 0 Å². The molecular formula is C26H38N6O2. The number of likely N-dealkylation sites (N-methyl/N-ethyl adjacent to an activating group) is 1. The summed E-state index contributed by atoms with van der Waals surface area (Å²) in [6.07, 6.45) is 0. The van der Waals surface area contributed by atoms with E-state index in [9.17, 15) is 0 Å². The molecule has 2 aromatic rings. The second-order valence-electron chi connectivity index (χ2n) is 9.14. The fourth-order valence-corrected chi connectivity index (χ4v) is 4.56. The van der Waals surface area contributed by atoms with Crippen LogP contribution < -0.4 is 9.64 Å². The Morgan fingerprint density at radius 3 is 2.74 bits per heavy atom. The van der Waals surface area contributed by atoms with Crippen LogP contribution in [0.25, 0.3) is 0 Å². The zero-order valence-corrected chi connectivity index (χ0v) is 20.8. The molecule has 4 rings (SSSR count). The monoisotopic (exact) mass is 466 g/mol. The molecule has 2 fully saturated rings. The molecule has 0 N–H and O–H groups in total. The number of morpholine rings is 1. The van der Waals surface area contributed by atoms with Crippen LogP contribution in [0.15, 0.2) is 46.6 Å². The van der Waals surface area contributed by atoms with E-state index in [1.165, 1.54) is 5.56 Å². The predicted molar refractivity (Wildman–Crippen MR) is 135 cm³/mol. The number of hydrogen-bond donors (Lipinski definition) is 0. The van der Waals surface area contributed by atoms with Crippen LogP contribution in [-0.4, -0.2) is 86.5 Å². The van der Waals surface area contributed by atoms with Gasteiger partial charge in [0.05, 0.1) is 19.8 Å². The summed E-state index contributed by atoms with van der Waals surface area (Å²) in [5, 5.41) is 8.85. The third-order valence-electron chi connectivity index (χ3n) is 6.58. The largest absolute Gasteiger partial charge is 0.476 e. The van der Waals surface area contributed by atoms with E-state index in [2.05, 4.69) is 68.9 Å². The SMILES string of the molecule is CCN1CCN(CCOc2cc(N3CCOCC3)cc(N=NCc3cccc(C)c3)n2)C(C)C1. The zero-order chi connectivity index (χ0) is 23.8. The van der Waals surface area contributed by atoms with Crippen LogP contribution in [-0.2, 0) is 11.3 Å². The third-order valence-corrected chi connectivity index (χ3v) is 6.58. The van der Waals surface area contributed by atoms with Gasteiger partial charge in [0.25, 0.3) is 0 Å². The van der Waals surface area contributed by atoms with Gasteiger partial charge in [-0.05, 0) is 26.0 Å². The minimum atomic E-state index is 0.531. The van der Waals surface area contributed by atoms with Crippen molar-refractivity contribution >= 4 is 11.5 Å². The Labute approximate surface area is 203 Å². The molecule has 1 atom stereocenters. The van der Waals surface area contributed by atoms with Gasteiger partial charge >= 0.3 is 0 Å². The Hall–Kier alpha value is -2.55. The van der Waals surface area contributed by atoms with Gasteiger partial charge in [-0.15, -0.1) is 5.11 Å². The molecule has 1 unspecified atom stereocenters. The van der Waals surface area contributed by atoms with Crippen LogP contribution in [0.4, 0.5) is 11.5 Å². The smallest absolute Gasteiger partial charge is 0.217 e. The van der Waals surface area contributed by atoms with E-state index in [4.69, 9.17) is 9.47 Å². The van der Waals surface area contributed by atoms with Gasteiger partial charge in [0.2, 0.25) is 5.88 Å². The maximum atomic E-state index is 6.14. The van der Waals surface area contributed by atoms with Crippen molar-refractivity contribution in [1.29, 1.82) is 0 Å². The standard InChI is InChI=1S/C26H38N6O2/c1-4-30-8-9-31(22(3)20-30)12-15-34-26-18-24(32-10-13-33-14-11-32)17-25(28-26)29-27-19-23-7-5-6-21(2)16-23/h5-7,16-18,22H,4,8-15,19-20H2,1-3H3. The van der Waals surface area contributed by atoms with E-state index >= 15 is 0 Å². The fourth-order valence-electron chi connectivity index (χ4n) is 4.56. The maximum absolute atomic E-state index is 6.14. The van der Waals surface area contributed by atoms with Crippen LogP contribution in [0, 0.1) is 6.92 Å². The number of aryl methyl sites for hydroxylation is 1. The van der Waals surface area contributed by atoms with Crippen molar-refractivity contribution < 1.29 is 9.47 Å². The number of piperazine rings is 1. The lowest BCUT2D eigenvalue weighted by Gasteiger charge is -2.39. The minimum Gasteiger partial charge on any atom is -0.476 e. The first kappa shape index (κ1) is 24.6. The summed E-state index contributed by atoms with van der Waals surface area (Å²) in [4.78, 5) is 11.9. The van der Waals surface area contributed by atoms with Crippen molar-refractivity contribution in [1.82, 2.24) is 14.8 Å². The van der Waals surface area contributed by atoms with E-state index in [0.717, 1.165) is 70.3 Å². The molecule has 8 nitrogen and oxygen atoms in total. The van der Waals surface area contributed by atoms with Crippen molar-refractivity contribution in [2.24, 2.45) is 10.2 Å². The Morgan fingerprint density at radius 1 is 1.12 bits per heavy atom. The Balaban J connectivity index is 1.41. The molecular weight excluding hydrogens is 428 g/mol. The van der Waals surface area contributed by atoms with Gasteiger partial charge in [0.1, 0.15) is 6.61 Å². The summed E-state index contributed by atoms with van der Waals surface area (Å²) in [5.74, 6) is 1.19. The topological polar surface area (TPSA) is 65.8 Å². The van der Waals surface area contributed by atoms with Gasteiger partial charge in [-0.2, -0.15) is 10.1 Å². The summed E-state index contributed by atoms with van der Waals surface area (Å²) in [7, 11) is 0. The average Bonchev–Trinajstić information content (AvgIpc) is 2.85. The molecule has 3 heterocycles. The Bertz CT molecular complexity index is 947. The normalized spacial score (nSPS) is 20.2. The summed E-state index contributed by atoms with van der Waals surface area (Å²) >= 11 is 0. The lowest BCUT2D eigenvalue weighted by atomic mass is 10.1. The summed E-state index contributed by atoms with van der Waals surface area (Å²) < 4.78 is 11.7. The van der Waals surface area contributed by atoms with Crippen molar-refractivity contribution in [3.8, 4) is 5.88 Å². The Kier molecular flexibility index (Phi) is 8.85. The maximum Gasteiger partial charge on any atom is 0.217 e. The zero-order valence-electron chi connectivity index (χ0n) is 20.8. The third kappa shape index (κ3) is 6.98. The second kappa shape index (κ2) is 12.2. The highest BCUT2D eigenvalue weighted by Crippen LogP contribution is 2.27. The van der Waals surface area contributed by atoms with Gasteiger partial charge in [-0.3, -0.25) is 4.90 Å². The molecule has 8 heteroatoms. The van der Waals surface area contributed by atoms with Crippen LogP contribution in [0.2, 0.25) is 0 Å². The molecule has 1 aromatic carbocycles. The van der Waals surface area contributed by atoms with Gasteiger partial charge in [-0.1, -0.05) is 36.8 Å². The van der Waals surface area contributed by atoms with Crippen molar-refractivity contribution in [3.05, 3.63) is 47.5 Å². The molecule has 184 valence electrons. The predicted octanol–water partition coefficient (Wildman–Crippen LogP) is 3.92. The number of ether oxygens (including phenoxy) is 2. The highest BCUT2D eigenvalue weighted by Gasteiger charge is 2.22. The van der Waals surface area contributed by atoms with Crippen LogP contribution >= 0.6 is 0 Å². The molecule has 0 radical (unpaired) electrons. The van der Waals surface area contributed by atoms with Gasteiger partial charge in [-0.25, -0.2) is 0 Å². The summed E-state index contributed by atoms with van der Waals surface area (Å²) in [6.45, 7) is 16.2. The number of rotatable bonds is 9. The molecule has 1 aromatic heterocycles. The first-order chi connectivity index (χ1) is 16.6. The number of nitrogens with zero attached hydrogens (tertiary/aromatic N) is 6. The van der Waals surface area contributed by atoms with E-state index < -0.39 is 0 Å². The molecule has 2 aliphatic rings. The number of aromatic nitrogens is 1. The van der Waals surface area contributed by atoms with Crippen molar-refractivity contribution in [3.63, 3.8) is 0 Å². The van der Waals surface area contributed by atoms with E-state index in [1.807, 2.05) is 18.2 Å². The van der Waals surface area contributed by atoms with Gasteiger partial charge in [0.15, 0.2) is 5.82 Å². The molecule has 0 amide bonds. The number of benzene rings is 1. The molecule has 2 saturated heterocycles. The summed E-state index contributed by atoms with van der Waals surface area (Å²) in [5.41, 5.74) is 3.42. The molecule has 0 spiro atoms. The van der Waals surface area contributed by atoms with E-state index in [-0.39, 0.29) is 0 Å². The lowest BCUT2D eigenvalue weighted by molar-refractivity contribution is 0.0742.